The maximum atomic E-state index is 4.57. The van der Waals surface area contributed by atoms with Crippen LogP contribution in [0.5, 0.6) is 0 Å². The molecule has 0 saturated carbocycles. The Balaban J connectivity index is 2.26. The van der Waals surface area contributed by atoms with Gasteiger partial charge in [0.25, 0.3) is 0 Å². The smallest absolute Gasteiger partial charge is 0.229 e. The summed E-state index contributed by atoms with van der Waals surface area (Å²) < 4.78 is 0. The quantitative estimate of drug-likeness (QED) is 0.852. The molecule has 0 fully saturated rings. The van der Waals surface area contributed by atoms with Crippen LogP contribution >= 0.6 is 0 Å². The van der Waals surface area contributed by atoms with Crippen LogP contribution in [0.3, 0.4) is 0 Å². The Morgan fingerprint density at radius 1 is 0.955 bits per heavy atom. The Morgan fingerprint density at radius 2 is 1.59 bits per heavy atom. The van der Waals surface area contributed by atoms with Gasteiger partial charge in [0.15, 0.2) is 0 Å². The lowest BCUT2D eigenvalue weighted by Gasteiger charge is -2.14. The summed E-state index contributed by atoms with van der Waals surface area (Å²) in [6, 6.07) is 6.31. The molecule has 0 atom stereocenters. The summed E-state index contributed by atoms with van der Waals surface area (Å²) in [6.45, 7) is 13.6. The van der Waals surface area contributed by atoms with E-state index >= 15 is 0 Å². The van der Waals surface area contributed by atoms with Crippen LogP contribution in [-0.4, -0.2) is 16.5 Å². The highest BCUT2D eigenvalue weighted by Crippen LogP contribution is 2.25. The summed E-state index contributed by atoms with van der Waals surface area (Å²) in [6.07, 6.45) is 0. The molecule has 0 aliphatic heterocycles. The van der Waals surface area contributed by atoms with E-state index in [1.165, 1.54) is 16.7 Å². The molecule has 4 nitrogen and oxygen atoms in total. The highest BCUT2D eigenvalue weighted by atomic mass is 15.1. The van der Waals surface area contributed by atoms with E-state index < -0.39 is 0 Å². The minimum absolute atomic E-state index is 0.577. The van der Waals surface area contributed by atoms with Gasteiger partial charge in [-0.15, -0.1) is 0 Å². The van der Waals surface area contributed by atoms with Crippen LogP contribution in [0.15, 0.2) is 18.2 Å². The molecule has 1 aromatic heterocycles. The lowest BCUT2D eigenvalue weighted by molar-refractivity contribution is 0.687. The molecule has 0 saturated heterocycles. The van der Waals surface area contributed by atoms with Crippen molar-refractivity contribution in [2.75, 3.05) is 17.2 Å². The zero-order chi connectivity index (χ0) is 16.3. The molecule has 0 unspecified atom stereocenters. The van der Waals surface area contributed by atoms with Gasteiger partial charge in [0.2, 0.25) is 5.95 Å². The fraction of sp³-hybridized carbons (Fsp3) is 0.444. The van der Waals surface area contributed by atoms with Crippen LogP contribution in [0, 0.1) is 33.6 Å². The van der Waals surface area contributed by atoms with Crippen molar-refractivity contribution in [2.24, 2.45) is 5.92 Å². The summed E-state index contributed by atoms with van der Waals surface area (Å²) in [7, 11) is 0. The van der Waals surface area contributed by atoms with Crippen molar-refractivity contribution < 1.29 is 0 Å². The Labute approximate surface area is 133 Å². The number of aryl methyl sites for hydroxylation is 4. The van der Waals surface area contributed by atoms with E-state index in [-0.39, 0.29) is 0 Å². The highest BCUT2D eigenvalue weighted by Gasteiger charge is 2.08. The Kier molecular flexibility index (Phi) is 5.01. The van der Waals surface area contributed by atoms with Gasteiger partial charge in [0.1, 0.15) is 5.82 Å². The standard InChI is InChI=1S/C18H26N4/c1-11(2)10-19-16-9-15(6)20-18(21-16)22-17-13(4)7-12(3)8-14(17)5/h7-9,11H,10H2,1-6H3,(H2,19,20,21,22). The fourth-order valence-corrected chi connectivity index (χ4v) is 2.51. The largest absolute Gasteiger partial charge is 0.370 e. The Bertz CT molecular complexity index is 639. The van der Waals surface area contributed by atoms with Crippen LogP contribution in [0.4, 0.5) is 17.5 Å². The van der Waals surface area contributed by atoms with Crippen LogP contribution in [0.1, 0.15) is 36.2 Å². The second kappa shape index (κ2) is 6.77. The maximum Gasteiger partial charge on any atom is 0.229 e. The molecule has 1 heterocycles. The summed E-state index contributed by atoms with van der Waals surface area (Å²) in [4.78, 5) is 9.07. The van der Waals surface area contributed by atoms with Gasteiger partial charge in [-0.2, -0.15) is 4.98 Å². The molecule has 0 spiro atoms. The van der Waals surface area contributed by atoms with Gasteiger partial charge < -0.3 is 10.6 Å². The van der Waals surface area contributed by atoms with Crippen molar-refractivity contribution in [1.82, 2.24) is 9.97 Å². The molecule has 2 aromatic rings. The Hall–Kier alpha value is -2.10. The zero-order valence-electron chi connectivity index (χ0n) is 14.4. The van der Waals surface area contributed by atoms with E-state index in [9.17, 15) is 0 Å². The van der Waals surface area contributed by atoms with Gasteiger partial charge in [0.05, 0.1) is 0 Å². The van der Waals surface area contributed by atoms with Crippen molar-refractivity contribution >= 4 is 17.5 Å². The van der Waals surface area contributed by atoms with E-state index in [4.69, 9.17) is 0 Å². The number of rotatable bonds is 5. The third-order valence-corrected chi connectivity index (χ3v) is 3.46. The number of nitrogens with one attached hydrogen (secondary N) is 2. The number of hydrogen-bond acceptors (Lipinski definition) is 4. The molecule has 118 valence electrons. The van der Waals surface area contributed by atoms with Crippen molar-refractivity contribution in [3.8, 4) is 0 Å². The van der Waals surface area contributed by atoms with Crippen molar-refractivity contribution in [3.05, 3.63) is 40.6 Å². The number of benzene rings is 1. The predicted octanol–water partition coefficient (Wildman–Crippen LogP) is 4.52. The first-order valence-electron chi connectivity index (χ1n) is 7.79. The van der Waals surface area contributed by atoms with Crippen LogP contribution < -0.4 is 10.6 Å². The molecule has 2 rings (SSSR count). The zero-order valence-corrected chi connectivity index (χ0v) is 14.4. The van der Waals surface area contributed by atoms with Crippen LogP contribution in [0.25, 0.3) is 0 Å². The van der Waals surface area contributed by atoms with Gasteiger partial charge in [-0.25, -0.2) is 4.98 Å². The number of nitrogens with zero attached hydrogens (tertiary/aromatic N) is 2. The van der Waals surface area contributed by atoms with Gasteiger partial charge in [0, 0.05) is 24.0 Å². The van der Waals surface area contributed by atoms with Crippen molar-refractivity contribution in [1.29, 1.82) is 0 Å². The van der Waals surface area contributed by atoms with E-state index in [1.54, 1.807) is 0 Å². The minimum atomic E-state index is 0.577. The van der Waals surface area contributed by atoms with Gasteiger partial charge in [-0.3, -0.25) is 0 Å². The van der Waals surface area contributed by atoms with E-state index in [2.05, 4.69) is 67.4 Å². The summed E-state index contributed by atoms with van der Waals surface area (Å²) in [5.41, 5.74) is 5.72. The van der Waals surface area contributed by atoms with Gasteiger partial charge in [-0.1, -0.05) is 31.5 Å². The molecule has 4 heteroatoms. The monoisotopic (exact) mass is 298 g/mol. The highest BCUT2D eigenvalue weighted by molar-refractivity contribution is 5.64. The molecule has 2 N–H and O–H groups in total. The molecular weight excluding hydrogens is 272 g/mol. The molecule has 0 amide bonds. The summed E-state index contributed by atoms with van der Waals surface area (Å²) in [5.74, 6) is 2.08. The molecule has 22 heavy (non-hydrogen) atoms. The van der Waals surface area contributed by atoms with Crippen molar-refractivity contribution in [2.45, 2.75) is 41.5 Å². The first-order valence-corrected chi connectivity index (χ1v) is 7.79. The topological polar surface area (TPSA) is 49.8 Å². The maximum absolute atomic E-state index is 4.57. The van der Waals surface area contributed by atoms with E-state index in [1.807, 2.05) is 13.0 Å². The van der Waals surface area contributed by atoms with E-state index in [0.717, 1.165) is 23.7 Å². The molecule has 1 aromatic carbocycles. The predicted molar refractivity (Wildman–Crippen MR) is 94.0 cm³/mol. The molecule has 0 aliphatic rings. The lowest BCUT2D eigenvalue weighted by atomic mass is 10.1. The summed E-state index contributed by atoms with van der Waals surface area (Å²) in [5, 5.41) is 6.73. The normalized spacial score (nSPS) is 10.9. The third kappa shape index (κ3) is 4.20. The molecule has 0 aliphatic carbocycles. The number of hydrogen-bond donors (Lipinski definition) is 2. The first kappa shape index (κ1) is 16.3. The van der Waals surface area contributed by atoms with Crippen LogP contribution in [-0.2, 0) is 0 Å². The van der Waals surface area contributed by atoms with Crippen molar-refractivity contribution in [3.63, 3.8) is 0 Å². The average Bonchev–Trinajstić information content (AvgIpc) is 2.40. The van der Waals surface area contributed by atoms with Crippen LogP contribution in [0.2, 0.25) is 0 Å². The van der Waals surface area contributed by atoms with Gasteiger partial charge in [-0.05, 0) is 44.7 Å². The number of anilines is 3. The fourth-order valence-electron chi connectivity index (χ4n) is 2.51. The lowest BCUT2D eigenvalue weighted by Crippen LogP contribution is -2.11. The molecular formula is C18H26N4. The summed E-state index contributed by atoms with van der Waals surface area (Å²) >= 11 is 0. The minimum Gasteiger partial charge on any atom is -0.370 e. The first-order chi connectivity index (χ1) is 10.3. The Morgan fingerprint density at radius 3 is 2.18 bits per heavy atom. The molecule has 0 bridgehead atoms. The van der Waals surface area contributed by atoms with Gasteiger partial charge >= 0.3 is 0 Å². The molecule has 0 radical (unpaired) electrons. The second-order valence-electron chi connectivity index (χ2n) is 6.39. The van der Waals surface area contributed by atoms with E-state index in [0.29, 0.717) is 11.9 Å². The third-order valence-electron chi connectivity index (χ3n) is 3.46. The number of aromatic nitrogens is 2. The second-order valence-corrected chi connectivity index (χ2v) is 6.39. The SMILES string of the molecule is Cc1cc(C)c(Nc2nc(C)cc(NCC(C)C)n2)c(C)c1. The average molecular weight is 298 g/mol.